The molecule has 2 aromatic heterocycles. The van der Waals surface area contributed by atoms with Crippen molar-refractivity contribution in [1.82, 2.24) is 25.3 Å². The molecule has 0 saturated heterocycles. The van der Waals surface area contributed by atoms with Crippen molar-refractivity contribution in [3.05, 3.63) is 34.2 Å². The molecular weight excluding hydrogens is 262 g/mol. The van der Waals surface area contributed by atoms with E-state index in [1.807, 2.05) is 17.8 Å². The zero-order chi connectivity index (χ0) is 13.8. The minimum atomic E-state index is 0.389. The first-order chi connectivity index (χ1) is 9.21. The van der Waals surface area contributed by atoms with Gasteiger partial charge in [-0.05, 0) is 32.0 Å². The summed E-state index contributed by atoms with van der Waals surface area (Å²) in [7, 11) is 1.94. The highest BCUT2D eigenvalue weighted by Crippen LogP contribution is 2.19. The molecule has 2 aromatic rings. The van der Waals surface area contributed by atoms with E-state index >= 15 is 0 Å². The number of aryl methyl sites for hydroxylation is 1. The second kappa shape index (κ2) is 6.12. The number of hydrogen-bond donors (Lipinski definition) is 1. The second-order valence-electron chi connectivity index (χ2n) is 4.24. The molecule has 0 aromatic carbocycles. The maximum atomic E-state index is 5.77. The van der Waals surface area contributed by atoms with Crippen LogP contribution < -0.4 is 5.32 Å². The Labute approximate surface area is 118 Å². The first kappa shape index (κ1) is 14.0. The molecule has 0 aliphatic carbocycles. The lowest BCUT2D eigenvalue weighted by Gasteiger charge is -2.06. The summed E-state index contributed by atoms with van der Waals surface area (Å²) in [6.45, 7) is 5.04. The summed E-state index contributed by atoms with van der Waals surface area (Å²) in [6.07, 6.45) is 1.80. The van der Waals surface area contributed by atoms with Crippen molar-refractivity contribution in [3.8, 4) is 5.82 Å². The molecule has 102 valence electrons. The zero-order valence-corrected chi connectivity index (χ0v) is 12.2. The summed E-state index contributed by atoms with van der Waals surface area (Å²) in [5.41, 5.74) is 3.52. The van der Waals surface area contributed by atoms with Crippen LogP contribution in [0.15, 0.2) is 12.1 Å². The fraction of sp³-hybridized carbons (Fsp3) is 0.462. The molecule has 0 radical (unpaired) electrons. The van der Waals surface area contributed by atoms with Crippen molar-refractivity contribution in [1.29, 1.82) is 0 Å². The third-order valence-electron chi connectivity index (χ3n) is 3.03. The zero-order valence-electron chi connectivity index (χ0n) is 11.4. The standard InChI is InChI=1S/C13H18ClN5/c1-4-10-9(8-15-3)11(5-2)19(18-10)13-7-6-12(14)16-17-13/h6-7,15H,4-5,8H2,1-3H3. The molecule has 2 rings (SSSR count). The van der Waals surface area contributed by atoms with Crippen LogP contribution in [0.1, 0.15) is 30.8 Å². The first-order valence-electron chi connectivity index (χ1n) is 6.45. The number of nitrogens with one attached hydrogen (secondary N) is 1. The van der Waals surface area contributed by atoms with Gasteiger partial charge in [0, 0.05) is 12.1 Å². The normalized spacial score (nSPS) is 10.9. The summed E-state index contributed by atoms with van der Waals surface area (Å²) in [5.74, 6) is 0.707. The maximum Gasteiger partial charge on any atom is 0.176 e. The second-order valence-corrected chi connectivity index (χ2v) is 4.62. The Morgan fingerprint density at radius 1 is 1.21 bits per heavy atom. The Hall–Kier alpha value is -1.46. The fourth-order valence-corrected chi connectivity index (χ4v) is 2.28. The third-order valence-corrected chi connectivity index (χ3v) is 3.23. The van der Waals surface area contributed by atoms with E-state index in [4.69, 9.17) is 11.6 Å². The summed E-state index contributed by atoms with van der Waals surface area (Å²) in [4.78, 5) is 0. The largest absolute Gasteiger partial charge is 0.316 e. The van der Waals surface area contributed by atoms with Crippen LogP contribution in [0.4, 0.5) is 0 Å². The van der Waals surface area contributed by atoms with Crippen LogP contribution in [0.25, 0.3) is 5.82 Å². The Morgan fingerprint density at radius 2 is 2.00 bits per heavy atom. The van der Waals surface area contributed by atoms with E-state index in [0.29, 0.717) is 11.0 Å². The van der Waals surface area contributed by atoms with Gasteiger partial charge in [0.25, 0.3) is 0 Å². The Balaban J connectivity index is 2.53. The van der Waals surface area contributed by atoms with Gasteiger partial charge < -0.3 is 5.32 Å². The van der Waals surface area contributed by atoms with Gasteiger partial charge >= 0.3 is 0 Å². The predicted molar refractivity (Wildman–Crippen MR) is 75.7 cm³/mol. The van der Waals surface area contributed by atoms with Crippen LogP contribution in [-0.4, -0.2) is 27.0 Å². The van der Waals surface area contributed by atoms with Crippen LogP contribution in [-0.2, 0) is 19.4 Å². The monoisotopic (exact) mass is 279 g/mol. The van der Waals surface area contributed by atoms with Gasteiger partial charge in [0.15, 0.2) is 11.0 Å². The number of hydrogen-bond acceptors (Lipinski definition) is 4. The van der Waals surface area contributed by atoms with Crippen molar-refractivity contribution in [2.45, 2.75) is 33.2 Å². The van der Waals surface area contributed by atoms with Crippen molar-refractivity contribution in [3.63, 3.8) is 0 Å². The van der Waals surface area contributed by atoms with E-state index in [1.54, 1.807) is 6.07 Å². The molecular formula is C13H18ClN5. The Bertz CT molecular complexity index is 547. The summed E-state index contributed by atoms with van der Waals surface area (Å²) in [6, 6.07) is 3.57. The summed E-state index contributed by atoms with van der Waals surface area (Å²) >= 11 is 5.77. The molecule has 2 heterocycles. The van der Waals surface area contributed by atoms with E-state index in [2.05, 4.69) is 34.5 Å². The SMILES string of the molecule is CCc1nn(-c2ccc(Cl)nn2)c(CC)c1CNC. The molecule has 0 aliphatic rings. The Morgan fingerprint density at radius 3 is 2.53 bits per heavy atom. The van der Waals surface area contributed by atoms with Crippen molar-refractivity contribution in [2.75, 3.05) is 7.05 Å². The van der Waals surface area contributed by atoms with Crippen molar-refractivity contribution in [2.24, 2.45) is 0 Å². The molecule has 0 atom stereocenters. The number of rotatable bonds is 5. The van der Waals surface area contributed by atoms with Gasteiger partial charge in [0.2, 0.25) is 0 Å². The lowest BCUT2D eigenvalue weighted by molar-refractivity contribution is 0.749. The third kappa shape index (κ3) is 2.77. The van der Waals surface area contributed by atoms with Gasteiger partial charge in [0.1, 0.15) is 0 Å². The average Bonchev–Trinajstić information content (AvgIpc) is 2.78. The molecule has 0 unspecified atom stereocenters. The predicted octanol–water partition coefficient (Wildman–Crippen LogP) is 2.16. The molecule has 19 heavy (non-hydrogen) atoms. The van der Waals surface area contributed by atoms with Crippen molar-refractivity contribution >= 4 is 11.6 Å². The van der Waals surface area contributed by atoms with E-state index < -0.39 is 0 Å². The van der Waals surface area contributed by atoms with Gasteiger partial charge in [-0.15, -0.1) is 10.2 Å². The van der Waals surface area contributed by atoms with E-state index in [1.165, 1.54) is 11.3 Å². The number of aromatic nitrogens is 4. The molecule has 0 amide bonds. The lowest BCUT2D eigenvalue weighted by Crippen LogP contribution is -2.10. The maximum absolute atomic E-state index is 5.77. The quantitative estimate of drug-likeness (QED) is 0.911. The van der Waals surface area contributed by atoms with Gasteiger partial charge in [-0.2, -0.15) is 5.10 Å². The topological polar surface area (TPSA) is 55.6 Å². The number of halogens is 1. The molecule has 0 bridgehead atoms. The molecule has 0 spiro atoms. The minimum absolute atomic E-state index is 0.389. The van der Waals surface area contributed by atoms with Crippen LogP contribution >= 0.6 is 11.6 Å². The molecule has 5 nitrogen and oxygen atoms in total. The molecule has 0 saturated carbocycles. The number of nitrogens with zero attached hydrogens (tertiary/aromatic N) is 4. The van der Waals surface area contributed by atoms with Crippen molar-refractivity contribution < 1.29 is 0 Å². The fourth-order valence-electron chi connectivity index (χ4n) is 2.18. The van der Waals surface area contributed by atoms with E-state index in [-0.39, 0.29) is 0 Å². The van der Waals surface area contributed by atoms with Gasteiger partial charge in [-0.3, -0.25) is 0 Å². The van der Waals surface area contributed by atoms with Crippen LogP contribution in [0.3, 0.4) is 0 Å². The molecule has 6 heteroatoms. The van der Waals surface area contributed by atoms with Gasteiger partial charge in [0.05, 0.1) is 11.4 Å². The highest BCUT2D eigenvalue weighted by Gasteiger charge is 2.16. The highest BCUT2D eigenvalue weighted by molar-refractivity contribution is 6.29. The summed E-state index contributed by atoms with van der Waals surface area (Å²) in [5, 5.41) is 16.2. The molecule has 1 N–H and O–H groups in total. The minimum Gasteiger partial charge on any atom is -0.316 e. The molecule has 0 aliphatic heterocycles. The van der Waals surface area contributed by atoms with E-state index in [9.17, 15) is 0 Å². The Kier molecular flexibility index (Phi) is 4.50. The first-order valence-corrected chi connectivity index (χ1v) is 6.82. The average molecular weight is 280 g/mol. The lowest BCUT2D eigenvalue weighted by atomic mass is 10.1. The smallest absolute Gasteiger partial charge is 0.176 e. The van der Waals surface area contributed by atoms with Gasteiger partial charge in [-0.25, -0.2) is 4.68 Å². The van der Waals surface area contributed by atoms with Crippen LogP contribution in [0, 0.1) is 0 Å². The summed E-state index contributed by atoms with van der Waals surface area (Å²) < 4.78 is 1.87. The highest BCUT2D eigenvalue weighted by atomic mass is 35.5. The van der Waals surface area contributed by atoms with Crippen LogP contribution in [0.2, 0.25) is 5.15 Å². The van der Waals surface area contributed by atoms with Gasteiger partial charge in [-0.1, -0.05) is 25.4 Å². The molecule has 0 fully saturated rings. The van der Waals surface area contributed by atoms with E-state index in [0.717, 1.165) is 25.1 Å². The van der Waals surface area contributed by atoms with Crippen LogP contribution in [0.5, 0.6) is 0 Å².